The Bertz CT molecular complexity index is 1190. The summed E-state index contributed by atoms with van der Waals surface area (Å²) in [7, 11) is -6.68. The van der Waals surface area contributed by atoms with E-state index in [0.717, 1.165) is 6.92 Å². The highest BCUT2D eigenvalue weighted by Crippen LogP contribution is 2.38. The minimum Gasteiger partial charge on any atom is -0.743 e. The van der Waals surface area contributed by atoms with Gasteiger partial charge in [-0.25, -0.2) is 13.2 Å². The van der Waals surface area contributed by atoms with Gasteiger partial charge in [0.15, 0.2) is 24.8 Å². The highest BCUT2D eigenvalue weighted by atomic mass is 32.2. The summed E-state index contributed by atoms with van der Waals surface area (Å²) in [6.07, 6.45) is -10.3. The van der Waals surface area contributed by atoms with Crippen molar-refractivity contribution in [2.45, 2.75) is 39.1 Å². The second kappa shape index (κ2) is 12.3. The van der Waals surface area contributed by atoms with E-state index in [-0.39, 0.29) is 10.9 Å². The molecule has 0 spiro atoms. The van der Waals surface area contributed by atoms with E-state index in [0.29, 0.717) is 0 Å². The number of benzene rings is 3. The Morgan fingerprint density at radius 1 is 0.811 bits per heavy atom. The molecule has 0 aliphatic rings. The Kier molecular flexibility index (Phi) is 10.0. The number of rotatable bonds is 7. The topological polar surface area (TPSA) is 83.5 Å². The van der Waals surface area contributed by atoms with Gasteiger partial charge in [-0.05, 0) is 43.3 Å². The van der Waals surface area contributed by atoms with Gasteiger partial charge < -0.3 is 9.29 Å². The van der Waals surface area contributed by atoms with Crippen molar-refractivity contribution < 1.29 is 44.5 Å². The minimum atomic E-state index is -6.67. The van der Waals surface area contributed by atoms with Crippen LogP contribution in [0.3, 0.4) is 0 Å². The first kappa shape index (κ1) is 30.0. The zero-order chi connectivity index (χ0) is 27.9. The van der Waals surface area contributed by atoms with Gasteiger partial charge >= 0.3 is 17.4 Å². The summed E-state index contributed by atoms with van der Waals surface area (Å²) in [5, 5.41) is -5.84. The number of alkyl halides is 5. The fourth-order valence-corrected chi connectivity index (χ4v) is 5.29. The molecule has 3 aromatic rings. The quantitative estimate of drug-likeness (QED) is 0.117. The van der Waals surface area contributed by atoms with E-state index in [9.17, 15) is 39.7 Å². The Balaban J connectivity index is 0.000000261. The van der Waals surface area contributed by atoms with Crippen LogP contribution < -0.4 is 0 Å². The van der Waals surface area contributed by atoms with E-state index >= 15 is 0 Å². The van der Waals surface area contributed by atoms with Crippen molar-refractivity contribution in [1.29, 1.82) is 0 Å². The molecule has 0 saturated heterocycles. The summed E-state index contributed by atoms with van der Waals surface area (Å²) in [4.78, 5) is 14.8. The number of halogens is 5. The molecule has 0 radical (unpaired) electrons. The van der Waals surface area contributed by atoms with E-state index < -0.39 is 39.2 Å². The number of esters is 1. The molecule has 0 N–H and O–H groups in total. The molecule has 0 saturated carbocycles. The number of carbonyl (C=O) groups is 1. The van der Waals surface area contributed by atoms with E-state index in [4.69, 9.17) is 0 Å². The third kappa shape index (κ3) is 8.14. The summed E-state index contributed by atoms with van der Waals surface area (Å²) >= 11 is 0. The van der Waals surface area contributed by atoms with Crippen LogP contribution >= 0.6 is 0 Å². The van der Waals surface area contributed by atoms with Crippen LogP contribution in [0.15, 0.2) is 118 Å². The predicted octanol–water partition coefficient (Wildman–Crippen LogP) is 5.96. The number of hydrogen-bond acceptors (Lipinski definition) is 5. The van der Waals surface area contributed by atoms with E-state index in [2.05, 4.69) is 102 Å². The number of hydrogen-bond donors (Lipinski definition) is 0. The zero-order valence-electron chi connectivity index (χ0n) is 19.2. The van der Waals surface area contributed by atoms with Gasteiger partial charge in [0.2, 0.25) is 0 Å². The summed E-state index contributed by atoms with van der Waals surface area (Å²) < 4.78 is 95.6. The molecule has 198 valence electrons. The Morgan fingerprint density at radius 2 is 1.14 bits per heavy atom. The molecule has 0 aromatic heterocycles. The first-order chi connectivity index (χ1) is 17.2. The molecule has 0 aliphatic heterocycles. The van der Waals surface area contributed by atoms with E-state index in [1.807, 2.05) is 0 Å². The number of carbonyl (C=O) groups excluding carboxylic acids is 1. The van der Waals surface area contributed by atoms with Crippen LogP contribution in [-0.2, 0) is 30.5 Å². The van der Waals surface area contributed by atoms with Crippen molar-refractivity contribution in [3.8, 4) is 0 Å². The van der Waals surface area contributed by atoms with Gasteiger partial charge in [-0.15, -0.1) is 0 Å². The summed E-state index contributed by atoms with van der Waals surface area (Å²) in [5.41, 5.74) is -0.677. The maximum Gasteiger partial charge on any atom is 0.432 e. The van der Waals surface area contributed by atoms with Crippen LogP contribution in [0, 0.1) is 0 Å². The lowest BCUT2D eigenvalue weighted by atomic mass is 10.3. The molecule has 0 amide bonds. The molecule has 3 rings (SSSR count). The van der Waals surface area contributed by atoms with Gasteiger partial charge in [-0.2, -0.15) is 22.0 Å². The van der Waals surface area contributed by atoms with Gasteiger partial charge in [0.25, 0.3) is 6.10 Å². The van der Waals surface area contributed by atoms with Crippen LogP contribution in [0.5, 0.6) is 0 Å². The Morgan fingerprint density at radius 3 is 1.38 bits per heavy atom. The van der Waals surface area contributed by atoms with Crippen LogP contribution in [-0.4, -0.2) is 36.5 Å². The van der Waals surface area contributed by atoms with Crippen molar-refractivity contribution >= 4 is 27.0 Å². The van der Waals surface area contributed by atoms with Crippen LogP contribution in [0.4, 0.5) is 22.0 Å². The second-order valence-corrected chi connectivity index (χ2v) is 10.8. The SMILES string of the molecule is C=C(C)C(=O)OC(C(F)(F)F)C(F)(F)S(=O)(=O)[O-].c1ccc([S+](c2ccccc2)c2ccccc2)cc1. The van der Waals surface area contributed by atoms with Gasteiger partial charge in [0, 0.05) is 5.57 Å². The fourth-order valence-electron chi connectivity index (χ4n) is 2.74. The second-order valence-electron chi connectivity index (χ2n) is 7.37. The maximum absolute atomic E-state index is 12.8. The molecule has 0 aliphatic carbocycles. The minimum absolute atomic E-state index is 0.0146. The molecule has 3 aromatic carbocycles. The van der Waals surface area contributed by atoms with Gasteiger partial charge in [0.05, 0.1) is 10.9 Å². The van der Waals surface area contributed by atoms with Crippen LogP contribution in [0.2, 0.25) is 0 Å². The van der Waals surface area contributed by atoms with Crippen molar-refractivity contribution in [3.63, 3.8) is 0 Å². The standard InChI is InChI=1S/C18H15S.C7H7F5O5S/c1-4-10-16(11-5-1)19(17-12-6-2-7-13-17)18-14-8-3-9-15-18;1-3(2)4(13)17-5(6(8,9)10)7(11,12)18(14,15)16/h1-15H;5H,1H2,2H3,(H,14,15,16)/q+1;/p-1. The highest BCUT2D eigenvalue weighted by molar-refractivity contribution is 7.97. The van der Waals surface area contributed by atoms with Crippen molar-refractivity contribution in [2.75, 3.05) is 0 Å². The lowest BCUT2D eigenvalue weighted by Crippen LogP contribution is -2.52. The van der Waals surface area contributed by atoms with E-state index in [1.54, 1.807) is 0 Å². The molecule has 0 heterocycles. The van der Waals surface area contributed by atoms with Crippen LogP contribution in [0.25, 0.3) is 0 Å². The molecule has 1 atom stereocenters. The lowest BCUT2D eigenvalue weighted by molar-refractivity contribution is -0.257. The Hall–Kier alpha value is -3.22. The third-order valence-corrected chi connectivity index (χ3v) is 7.56. The van der Waals surface area contributed by atoms with Crippen molar-refractivity contribution in [1.82, 2.24) is 0 Å². The first-order valence-corrected chi connectivity index (χ1v) is 13.0. The summed E-state index contributed by atoms with van der Waals surface area (Å²) in [5.74, 6) is -1.90. The largest absolute Gasteiger partial charge is 0.743 e. The normalized spacial score (nSPS) is 12.8. The fraction of sp³-hybridized carbons (Fsp3) is 0.160. The van der Waals surface area contributed by atoms with Crippen molar-refractivity contribution in [3.05, 3.63) is 103 Å². The Labute approximate surface area is 213 Å². The maximum atomic E-state index is 12.8. The lowest BCUT2D eigenvalue weighted by Gasteiger charge is -2.29. The summed E-state index contributed by atoms with van der Waals surface area (Å²) in [6.45, 7) is 3.67. The van der Waals surface area contributed by atoms with Crippen LogP contribution in [0.1, 0.15) is 6.92 Å². The smallest absolute Gasteiger partial charge is 0.432 e. The monoisotopic (exact) mass is 560 g/mol. The molecule has 37 heavy (non-hydrogen) atoms. The third-order valence-electron chi connectivity index (χ3n) is 4.45. The molecule has 12 heteroatoms. The number of ether oxygens (including phenoxy) is 1. The van der Waals surface area contributed by atoms with E-state index in [1.165, 1.54) is 14.7 Å². The molecular weight excluding hydrogens is 539 g/mol. The molecule has 0 bridgehead atoms. The van der Waals surface area contributed by atoms with Gasteiger partial charge in [0.1, 0.15) is 0 Å². The van der Waals surface area contributed by atoms with Crippen molar-refractivity contribution in [2.24, 2.45) is 0 Å². The zero-order valence-corrected chi connectivity index (χ0v) is 20.8. The molecular formula is C25H21F5O5S2. The average molecular weight is 561 g/mol. The van der Waals surface area contributed by atoms with Gasteiger partial charge in [-0.1, -0.05) is 61.2 Å². The molecule has 1 unspecified atom stereocenters. The summed E-state index contributed by atoms with van der Waals surface area (Å²) in [6, 6.07) is 32.2. The highest BCUT2D eigenvalue weighted by Gasteiger charge is 2.62. The average Bonchev–Trinajstić information content (AvgIpc) is 2.83. The molecule has 5 nitrogen and oxygen atoms in total. The molecule has 0 fully saturated rings. The first-order valence-electron chi connectivity index (χ1n) is 10.3. The van der Waals surface area contributed by atoms with Gasteiger partial charge in [-0.3, -0.25) is 0 Å². The predicted molar refractivity (Wildman–Crippen MR) is 127 cm³/mol.